The van der Waals surface area contributed by atoms with Crippen molar-refractivity contribution in [3.05, 3.63) is 17.2 Å². The van der Waals surface area contributed by atoms with Gasteiger partial charge in [-0.25, -0.2) is 15.5 Å². The molecule has 0 amide bonds. The van der Waals surface area contributed by atoms with E-state index in [2.05, 4.69) is 25.7 Å². The Morgan fingerprint density at radius 2 is 2.47 bits per heavy atom. The van der Waals surface area contributed by atoms with Gasteiger partial charge in [-0.1, -0.05) is 11.3 Å². The van der Waals surface area contributed by atoms with E-state index in [0.29, 0.717) is 11.7 Å². The Morgan fingerprint density at radius 3 is 3.07 bits per heavy atom. The normalized spacial score (nSPS) is 9.87. The molecular weight excluding hydrogens is 216 g/mol. The maximum atomic E-state index is 8.52. The third-order valence-electron chi connectivity index (χ3n) is 1.52. The van der Waals surface area contributed by atoms with Crippen molar-refractivity contribution in [2.45, 2.75) is 6.54 Å². The number of hydrogen-bond acceptors (Lipinski definition) is 8. The molecule has 0 bridgehead atoms. The molecule has 0 aliphatic heterocycles. The lowest BCUT2D eigenvalue weighted by molar-refractivity contribution is 0.673. The van der Waals surface area contributed by atoms with E-state index < -0.39 is 0 Å². The van der Waals surface area contributed by atoms with Gasteiger partial charge in [-0.05, 0) is 0 Å². The monoisotopic (exact) mass is 222 g/mol. The van der Waals surface area contributed by atoms with E-state index >= 15 is 0 Å². The number of rotatable bonds is 3. The van der Waals surface area contributed by atoms with E-state index in [-0.39, 0.29) is 5.82 Å². The Morgan fingerprint density at radius 1 is 1.60 bits per heavy atom. The van der Waals surface area contributed by atoms with E-state index in [0.717, 1.165) is 5.01 Å². The van der Waals surface area contributed by atoms with Crippen LogP contribution in [0, 0.1) is 11.3 Å². The zero-order chi connectivity index (χ0) is 10.7. The molecule has 0 unspecified atom stereocenters. The summed E-state index contributed by atoms with van der Waals surface area (Å²) in [6.45, 7) is 0.425. The van der Waals surface area contributed by atoms with Gasteiger partial charge in [0.05, 0.1) is 6.54 Å². The van der Waals surface area contributed by atoms with Crippen LogP contribution in [0.1, 0.15) is 10.8 Å². The van der Waals surface area contributed by atoms with Crippen molar-refractivity contribution in [1.29, 1.82) is 5.26 Å². The molecule has 0 saturated heterocycles. The summed E-state index contributed by atoms with van der Waals surface area (Å²) in [6.07, 6.45) is 1.47. The van der Waals surface area contributed by atoms with Gasteiger partial charge in [0.2, 0.25) is 5.13 Å². The van der Waals surface area contributed by atoms with Crippen LogP contribution in [0.4, 0.5) is 5.13 Å². The highest BCUT2D eigenvalue weighted by atomic mass is 32.1. The third kappa shape index (κ3) is 2.06. The summed E-state index contributed by atoms with van der Waals surface area (Å²) in [5, 5.41) is 21.3. The van der Waals surface area contributed by atoms with Crippen molar-refractivity contribution < 1.29 is 0 Å². The molecule has 0 saturated carbocycles. The van der Waals surface area contributed by atoms with Gasteiger partial charge in [0.15, 0.2) is 0 Å². The molecule has 3 N–H and O–H groups in total. The van der Waals surface area contributed by atoms with Crippen LogP contribution in [-0.4, -0.2) is 25.0 Å². The minimum Gasteiger partial charge on any atom is -0.298 e. The molecule has 2 aromatic heterocycles. The average Bonchev–Trinajstić information content (AvgIpc) is 2.87. The molecule has 9 heteroatoms. The highest BCUT2D eigenvalue weighted by molar-refractivity contribution is 7.15. The smallest absolute Gasteiger partial charge is 0.252 e. The van der Waals surface area contributed by atoms with Gasteiger partial charge in [0, 0.05) is 0 Å². The topological polar surface area (TPSA) is 118 Å². The molecule has 0 fully saturated rings. The molecule has 0 atom stereocenters. The molecule has 76 valence electrons. The van der Waals surface area contributed by atoms with Crippen LogP contribution in [0.2, 0.25) is 0 Å². The van der Waals surface area contributed by atoms with Gasteiger partial charge < -0.3 is 0 Å². The summed E-state index contributed by atoms with van der Waals surface area (Å²) in [6, 6.07) is 1.84. The summed E-state index contributed by atoms with van der Waals surface area (Å²) in [4.78, 5) is 3.76. The molecule has 0 radical (unpaired) electrons. The first-order valence-electron chi connectivity index (χ1n) is 3.90. The number of nitriles is 1. The van der Waals surface area contributed by atoms with Crippen molar-refractivity contribution in [1.82, 2.24) is 25.0 Å². The van der Waals surface area contributed by atoms with Crippen molar-refractivity contribution in [2.75, 3.05) is 5.43 Å². The second kappa shape index (κ2) is 3.99. The molecule has 8 nitrogen and oxygen atoms in total. The highest BCUT2D eigenvalue weighted by Gasteiger charge is 2.05. The molecule has 2 heterocycles. The Bertz CT molecular complexity index is 493. The number of hydrogen-bond donors (Lipinski definition) is 2. The fourth-order valence-corrected chi connectivity index (χ4v) is 1.58. The second-order valence-electron chi connectivity index (χ2n) is 2.52. The maximum absolute atomic E-state index is 8.52. The second-order valence-corrected chi connectivity index (χ2v) is 3.58. The van der Waals surface area contributed by atoms with E-state index in [1.807, 2.05) is 6.07 Å². The molecule has 0 aliphatic rings. The van der Waals surface area contributed by atoms with Crippen LogP contribution in [0.15, 0.2) is 6.33 Å². The number of aromatic nitrogens is 5. The van der Waals surface area contributed by atoms with Gasteiger partial charge in [0.1, 0.15) is 17.4 Å². The van der Waals surface area contributed by atoms with E-state index in [9.17, 15) is 0 Å². The summed E-state index contributed by atoms with van der Waals surface area (Å²) >= 11 is 1.31. The standard InChI is InChI=1S/C6H6N8S/c7-1-4-9-3-14(13-4)2-5-11-12-6(10-8)15-5/h3H,2,8H2,(H,10,12). The van der Waals surface area contributed by atoms with Crippen LogP contribution in [0.5, 0.6) is 0 Å². The average molecular weight is 222 g/mol. The van der Waals surface area contributed by atoms with Crippen molar-refractivity contribution in [3.63, 3.8) is 0 Å². The fraction of sp³-hybridized carbons (Fsp3) is 0.167. The largest absolute Gasteiger partial charge is 0.298 e. The van der Waals surface area contributed by atoms with E-state index in [1.165, 1.54) is 22.3 Å². The minimum atomic E-state index is 0.136. The quantitative estimate of drug-likeness (QED) is 0.522. The Kier molecular flexibility index (Phi) is 2.53. The van der Waals surface area contributed by atoms with Gasteiger partial charge in [-0.15, -0.1) is 15.3 Å². The minimum absolute atomic E-state index is 0.136. The number of anilines is 1. The molecule has 0 aliphatic carbocycles. The molecule has 0 spiro atoms. The summed E-state index contributed by atoms with van der Waals surface area (Å²) in [5.74, 6) is 5.30. The molecule has 15 heavy (non-hydrogen) atoms. The number of nitrogens with two attached hydrogens (primary N) is 1. The van der Waals surface area contributed by atoms with E-state index in [4.69, 9.17) is 11.1 Å². The lowest BCUT2D eigenvalue weighted by Gasteiger charge is -1.92. The van der Waals surface area contributed by atoms with Gasteiger partial charge in [-0.2, -0.15) is 5.26 Å². The lowest BCUT2D eigenvalue weighted by Crippen LogP contribution is -2.05. The third-order valence-corrected chi connectivity index (χ3v) is 2.36. The van der Waals surface area contributed by atoms with Gasteiger partial charge in [0.25, 0.3) is 5.82 Å². The number of nitrogens with one attached hydrogen (secondary N) is 1. The van der Waals surface area contributed by atoms with Crippen LogP contribution in [0.3, 0.4) is 0 Å². The lowest BCUT2D eigenvalue weighted by atomic mass is 10.7. The van der Waals surface area contributed by atoms with Crippen LogP contribution >= 0.6 is 11.3 Å². The van der Waals surface area contributed by atoms with Crippen LogP contribution in [0.25, 0.3) is 0 Å². The van der Waals surface area contributed by atoms with Crippen LogP contribution < -0.4 is 11.3 Å². The number of nitrogens with zero attached hydrogens (tertiary/aromatic N) is 6. The Hall–Kier alpha value is -2.05. The predicted octanol–water partition coefficient (Wildman–Crippen LogP) is -0.665. The molecule has 0 aromatic carbocycles. The summed E-state index contributed by atoms with van der Waals surface area (Å²) < 4.78 is 1.51. The van der Waals surface area contributed by atoms with Gasteiger partial charge >= 0.3 is 0 Å². The zero-order valence-corrected chi connectivity index (χ0v) is 8.27. The first-order valence-corrected chi connectivity index (χ1v) is 4.72. The number of nitrogen functional groups attached to an aromatic ring is 1. The maximum Gasteiger partial charge on any atom is 0.252 e. The first kappa shape index (κ1) is 9.50. The first-order chi connectivity index (χ1) is 7.31. The van der Waals surface area contributed by atoms with Crippen LogP contribution in [-0.2, 0) is 6.54 Å². The zero-order valence-electron chi connectivity index (χ0n) is 7.45. The summed E-state index contributed by atoms with van der Waals surface area (Å²) in [7, 11) is 0. The SMILES string of the molecule is N#Cc1ncn(Cc2nnc(NN)s2)n1. The Balaban J connectivity index is 2.11. The highest BCUT2D eigenvalue weighted by Crippen LogP contribution is 2.14. The summed E-state index contributed by atoms with van der Waals surface area (Å²) in [5.41, 5.74) is 2.40. The molecule has 2 rings (SSSR count). The van der Waals surface area contributed by atoms with Crippen molar-refractivity contribution in [2.24, 2.45) is 5.84 Å². The fourth-order valence-electron chi connectivity index (χ4n) is 0.936. The van der Waals surface area contributed by atoms with Crippen molar-refractivity contribution >= 4 is 16.5 Å². The number of hydrazine groups is 1. The molecular formula is C6H6N8S. The molecule has 2 aromatic rings. The predicted molar refractivity (Wildman–Crippen MR) is 51.6 cm³/mol. The van der Waals surface area contributed by atoms with E-state index in [1.54, 1.807) is 0 Å². The van der Waals surface area contributed by atoms with Gasteiger partial charge in [-0.3, -0.25) is 5.43 Å². The Labute approximate surface area is 88.3 Å². The van der Waals surface area contributed by atoms with Crippen molar-refractivity contribution in [3.8, 4) is 6.07 Å².